The van der Waals surface area contributed by atoms with E-state index >= 15 is 0 Å². The van der Waals surface area contributed by atoms with Crippen LogP contribution in [-0.4, -0.2) is 16.8 Å². The Morgan fingerprint density at radius 3 is 2.68 bits per heavy atom. The minimum Gasteiger partial charge on any atom is -0.308 e. The van der Waals surface area contributed by atoms with Crippen LogP contribution in [0.15, 0.2) is 28.9 Å². The molecule has 0 saturated heterocycles. The van der Waals surface area contributed by atoms with E-state index in [-0.39, 0.29) is 6.04 Å². The molecule has 1 aromatic carbocycles. The first-order chi connectivity index (χ1) is 9.08. The number of hydrogen-bond acceptors (Lipinski definition) is 2. The summed E-state index contributed by atoms with van der Waals surface area (Å²) in [7, 11) is 1.88. The first kappa shape index (κ1) is 14.9. The van der Waals surface area contributed by atoms with Crippen molar-refractivity contribution in [2.75, 3.05) is 7.05 Å². The Kier molecular flexibility index (Phi) is 4.90. The molecule has 0 bridgehead atoms. The normalized spacial score (nSPS) is 12.7. The van der Waals surface area contributed by atoms with Crippen LogP contribution in [-0.2, 0) is 6.54 Å². The quantitative estimate of drug-likeness (QED) is 0.879. The zero-order valence-electron chi connectivity index (χ0n) is 10.6. The Bertz CT molecular complexity index is 583. The zero-order valence-corrected chi connectivity index (χ0v) is 13.7. The number of benzene rings is 1. The van der Waals surface area contributed by atoms with Gasteiger partial charge in [0.15, 0.2) is 0 Å². The highest BCUT2D eigenvalue weighted by molar-refractivity contribution is 9.10. The van der Waals surface area contributed by atoms with Crippen LogP contribution in [0.4, 0.5) is 0 Å². The van der Waals surface area contributed by atoms with Gasteiger partial charge in [-0.1, -0.05) is 45.2 Å². The van der Waals surface area contributed by atoms with Gasteiger partial charge in [0.2, 0.25) is 0 Å². The average molecular weight is 363 g/mol. The lowest BCUT2D eigenvalue weighted by Gasteiger charge is -2.20. The molecule has 0 aliphatic rings. The maximum absolute atomic E-state index is 6.33. The van der Waals surface area contributed by atoms with E-state index in [2.05, 4.69) is 26.3 Å². The maximum atomic E-state index is 6.33. The largest absolute Gasteiger partial charge is 0.308 e. The Morgan fingerprint density at radius 1 is 1.37 bits per heavy atom. The Balaban J connectivity index is 2.52. The van der Waals surface area contributed by atoms with Crippen molar-refractivity contribution < 1.29 is 0 Å². The van der Waals surface area contributed by atoms with Gasteiger partial charge in [0.25, 0.3) is 0 Å². The van der Waals surface area contributed by atoms with Crippen molar-refractivity contribution >= 4 is 39.1 Å². The maximum Gasteiger partial charge on any atom is 0.0837 e. The molecule has 1 unspecified atom stereocenters. The van der Waals surface area contributed by atoms with Crippen LogP contribution >= 0.6 is 39.1 Å². The molecule has 2 aromatic rings. The summed E-state index contributed by atoms with van der Waals surface area (Å²) in [6.45, 7) is 2.79. The first-order valence-electron chi connectivity index (χ1n) is 5.91. The van der Waals surface area contributed by atoms with Crippen molar-refractivity contribution in [3.8, 4) is 0 Å². The van der Waals surface area contributed by atoms with Crippen molar-refractivity contribution in [2.45, 2.75) is 19.5 Å². The number of hydrogen-bond donors (Lipinski definition) is 1. The predicted octanol–water partition coefficient (Wildman–Crippen LogP) is 4.28. The minimum absolute atomic E-state index is 0.0875. The fraction of sp³-hybridized carbons (Fsp3) is 0.308. The van der Waals surface area contributed by atoms with Gasteiger partial charge in [0.1, 0.15) is 0 Å². The third kappa shape index (κ3) is 2.97. The summed E-state index contributed by atoms with van der Waals surface area (Å²) >= 11 is 16.0. The number of halogens is 3. The van der Waals surface area contributed by atoms with E-state index < -0.39 is 0 Å². The van der Waals surface area contributed by atoms with Crippen LogP contribution in [0.5, 0.6) is 0 Å². The second kappa shape index (κ2) is 6.27. The molecule has 3 nitrogen and oxygen atoms in total. The second-order valence-corrected chi connectivity index (χ2v) is 5.81. The molecular weight excluding hydrogens is 349 g/mol. The SMILES string of the molecule is CCn1ncc(Cl)c1C(NC)c1ccc(Br)cc1Cl. The summed E-state index contributed by atoms with van der Waals surface area (Å²) in [5.41, 5.74) is 1.90. The molecule has 6 heteroatoms. The lowest BCUT2D eigenvalue weighted by Crippen LogP contribution is -2.22. The van der Waals surface area contributed by atoms with Gasteiger partial charge < -0.3 is 5.32 Å². The van der Waals surface area contributed by atoms with Crippen molar-refractivity contribution in [1.29, 1.82) is 0 Å². The van der Waals surface area contributed by atoms with Gasteiger partial charge in [-0.25, -0.2) is 0 Å². The Morgan fingerprint density at radius 2 is 2.11 bits per heavy atom. The van der Waals surface area contributed by atoms with E-state index in [0.29, 0.717) is 10.0 Å². The van der Waals surface area contributed by atoms with E-state index in [1.165, 1.54) is 0 Å². The smallest absolute Gasteiger partial charge is 0.0837 e. The monoisotopic (exact) mass is 361 g/mol. The highest BCUT2D eigenvalue weighted by atomic mass is 79.9. The molecule has 0 amide bonds. The van der Waals surface area contributed by atoms with Gasteiger partial charge in [-0.05, 0) is 31.7 Å². The van der Waals surface area contributed by atoms with Gasteiger partial charge >= 0.3 is 0 Å². The second-order valence-electron chi connectivity index (χ2n) is 4.08. The van der Waals surface area contributed by atoms with Gasteiger partial charge in [0, 0.05) is 16.0 Å². The highest BCUT2D eigenvalue weighted by Gasteiger charge is 2.22. The molecule has 2 rings (SSSR count). The number of rotatable bonds is 4. The molecule has 1 aromatic heterocycles. The van der Waals surface area contributed by atoms with Crippen LogP contribution in [0.1, 0.15) is 24.2 Å². The summed E-state index contributed by atoms with van der Waals surface area (Å²) in [6.07, 6.45) is 1.66. The molecule has 0 aliphatic carbocycles. The Labute approximate surface area is 131 Å². The van der Waals surface area contributed by atoms with Crippen molar-refractivity contribution in [3.05, 3.63) is 50.2 Å². The van der Waals surface area contributed by atoms with Crippen LogP contribution < -0.4 is 5.32 Å². The van der Waals surface area contributed by atoms with Crippen molar-refractivity contribution in [3.63, 3.8) is 0 Å². The molecule has 1 heterocycles. The highest BCUT2D eigenvalue weighted by Crippen LogP contribution is 2.33. The molecule has 0 fully saturated rings. The number of aryl methyl sites for hydroxylation is 1. The lowest BCUT2D eigenvalue weighted by atomic mass is 10.0. The predicted molar refractivity (Wildman–Crippen MR) is 83.0 cm³/mol. The van der Waals surface area contributed by atoms with Gasteiger partial charge in [0.05, 0.1) is 23.0 Å². The molecule has 0 saturated carbocycles. The van der Waals surface area contributed by atoms with Gasteiger partial charge in [-0.15, -0.1) is 0 Å². The number of aromatic nitrogens is 2. The number of nitrogens with one attached hydrogen (secondary N) is 1. The topological polar surface area (TPSA) is 29.9 Å². The van der Waals surface area contributed by atoms with E-state index in [1.54, 1.807) is 6.20 Å². The minimum atomic E-state index is -0.0875. The molecular formula is C13H14BrCl2N3. The third-order valence-corrected chi connectivity index (χ3v) is 4.08. The number of nitrogens with zero attached hydrogens (tertiary/aromatic N) is 2. The fourth-order valence-corrected chi connectivity index (χ4v) is 3.12. The molecule has 0 radical (unpaired) electrons. The van der Waals surface area contributed by atoms with E-state index in [4.69, 9.17) is 23.2 Å². The van der Waals surface area contributed by atoms with Crippen molar-refractivity contribution in [2.24, 2.45) is 0 Å². The molecule has 1 N–H and O–H groups in total. The first-order valence-corrected chi connectivity index (χ1v) is 7.46. The summed E-state index contributed by atoms with van der Waals surface area (Å²) in [5, 5.41) is 8.85. The Hall–Kier alpha value is -0.550. The van der Waals surface area contributed by atoms with Crippen LogP contribution in [0, 0.1) is 0 Å². The van der Waals surface area contributed by atoms with Gasteiger partial charge in [-0.3, -0.25) is 4.68 Å². The van der Waals surface area contributed by atoms with Crippen molar-refractivity contribution in [1.82, 2.24) is 15.1 Å². The molecule has 19 heavy (non-hydrogen) atoms. The zero-order chi connectivity index (χ0) is 14.0. The van der Waals surface area contributed by atoms with E-state index in [0.717, 1.165) is 22.3 Å². The third-order valence-electron chi connectivity index (χ3n) is 2.97. The van der Waals surface area contributed by atoms with E-state index in [1.807, 2.05) is 36.9 Å². The van der Waals surface area contributed by atoms with Crippen LogP contribution in [0.25, 0.3) is 0 Å². The van der Waals surface area contributed by atoms with Gasteiger partial charge in [-0.2, -0.15) is 5.10 Å². The molecule has 1 atom stereocenters. The van der Waals surface area contributed by atoms with E-state index in [9.17, 15) is 0 Å². The molecule has 102 valence electrons. The fourth-order valence-electron chi connectivity index (χ4n) is 2.09. The average Bonchev–Trinajstić information content (AvgIpc) is 2.74. The summed E-state index contributed by atoms with van der Waals surface area (Å²) in [5.74, 6) is 0. The standard InChI is InChI=1S/C13H14BrCl2N3/c1-3-19-13(11(16)7-18-19)12(17-2)9-5-4-8(14)6-10(9)15/h4-7,12,17H,3H2,1-2H3. The lowest BCUT2D eigenvalue weighted by molar-refractivity contribution is 0.563. The summed E-state index contributed by atoms with van der Waals surface area (Å²) in [6, 6.07) is 5.74. The molecule has 0 aliphatic heterocycles. The van der Waals surface area contributed by atoms with Crippen LogP contribution in [0.2, 0.25) is 10.0 Å². The van der Waals surface area contributed by atoms with Crippen LogP contribution in [0.3, 0.4) is 0 Å². The molecule has 0 spiro atoms. The summed E-state index contributed by atoms with van der Waals surface area (Å²) < 4.78 is 2.83. The summed E-state index contributed by atoms with van der Waals surface area (Å²) in [4.78, 5) is 0.